The van der Waals surface area contributed by atoms with Gasteiger partial charge in [-0.3, -0.25) is 4.55 Å². The topological polar surface area (TPSA) is 137 Å². The van der Waals surface area contributed by atoms with Crippen molar-refractivity contribution in [1.29, 1.82) is 0 Å². The van der Waals surface area contributed by atoms with Gasteiger partial charge in [-0.05, 0) is 17.5 Å². The number of fused-ring (bicyclic) bond motifs is 2. The Morgan fingerprint density at radius 1 is 0.833 bits per heavy atom. The lowest BCUT2D eigenvalue weighted by Crippen LogP contribution is -1.99. The van der Waals surface area contributed by atoms with E-state index < -0.39 is 26.7 Å². The molecule has 30 heavy (non-hydrogen) atoms. The second kappa shape index (κ2) is 7.21. The normalized spacial score (nSPS) is 12.0. The minimum Gasteiger partial charge on any atom is -0.506 e. The highest BCUT2D eigenvalue weighted by atomic mass is 32.2. The standard InChI is InChI=1S/C21H14N2O6S/c24-18-11-19(30(27,28)29)15-7-3-4-8-16(15)20(18)23-22-17-10-13(21(25)26)9-12-5-1-2-6-14(12)17/h1-11,24H,(H,25,26)(H,27,28,29). The van der Waals surface area contributed by atoms with Gasteiger partial charge in [0.05, 0.1) is 11.3 Å². The summed E-state index contributed by atoms with van der Waals surface area (Å²) in [7, 11) is -4.58. The Labute approximate surface area is 170 Å². The molecular weight excluding hydrogens is 408 g/mol. The fraction of sp³-hybridized carbons (Fsp3) is 0. The maximum absolute atomic E-state index is 11.7. The molecule has 0 spiro atoms. The first-order valence-electron chi connectivity index (χ1n) is 8.66. The summed E-state index contributed by atoms with van der Waals surface area (Å²) >= 11 is 0. The monoisotopic (exact) mass is 422 g/mol. The second-order valence-corrected chi connectivity index (χ2v) is 7.87. The molecule has 0 amide bonds. The number of rotatable bonds is 4. The molecule has 0 aliphatic heterocycles. The number of hydrogen-bond acceptors (Lipinski definition) is 6. The van der Waals surface area contributed by atoms with E-state index in [4.69, 9.17) is 0 Å². The van der Waals surface area contributed by atoms with Gasteiger partial charge in [-0.2, -0.15) is 8.42 Å². The van der Waals surface area contributed by atoms with Crippen LogP contribution >= 0.6 is 0 Å². The van der Waals surface area contributed by atoms with E-state index in [9.17, 15) is 28.0 Å². The van der Waals surface area contributed by atoms with Crippen molar-refractivity contribution < 1.29 is 28.0 Å². The maximum atomic E-state index is 11.7. The van der Waals surface area contributed by atoms with Crippen molar-refractivity contribution in [2.45, 2.75) is 4.90 Å². The molecular formula is C21H14N2O6S. The van der Waals surface area contributed by atoms with Crippen LogP contribution in [0.5, 0.6) is 5.75 Å². The number of azo groups is 1. The van der Waals surface area contributed by atoms with Crippen LogP contribution in [-0.2, 0) is 10.1 Å². The van der Waals surface area contributed by atoms with Gasteiger partial charge in [0.2, 0.25) is 0 Å². The van der Waals surface area contributed by atoms with E-state index in [0.29, 0.717) is 10.8 Å². The van der Waals surface area contributed by atoms with E-state index >= 15 is 0 Å². The Kier molecular flexibility index (Phi) is 4.69. The molecule has 0 radical (unpaired) electrons. The minimum atomic E-state index is -4.58. The number of nitrogens with zero attached hydrogens (tertiary/aromatic N) is 2. The van der Waals surface area contributed by atoms with Gasteiger partial charge in [0.15, 0.2) is 0 Å². The first-order chi connectivity index (χ1) is 14.3. The fourth-order valence-electron chi connectivity index (χ4n) is 3.23. The predicted octanol–water partition coefficient (Wildman–Crippen LogP) is 5.06. The Morgan fingerprint density at radius 3 is 2.13 bits per heavy atom. The summed E-state index contributed by atoms with van der Waals surface area (Å²) in [6.07, 6.45) is 0. The number of benzene rings is 4. The number of phenols is 1. The van der Waals surface area contributed by atoms with Gasteiger partial charge in [0.25, 0.3) is 10.1 Å². The molecule has 0 aliphatic rings. The molecule has 3 N–H and O–H groups in total. The van der Waals surface area contributed by atoms with Crippen molar-refractivity contribution in [1.82, 2.24) is 0 Å². The molecule has 0 fully saturated rings. The van der Waals surface area contributed by atoms with Gasteiger partial charge in [0, 0.05) is 22.2 Å². The number of carbonyl (C=O) groups is 1. The van der Waals surface area contributed by atoms with Crippen molar-refractivity contribution in [2.75, 3.05) is 0 Å². The number of aromatic hydroxyl groups is 1. The molecule has 0 aliphatic carbocycles. The minimum absolute atomic E-state index is 0.0113. The smallest absolute Gasteiger partial charge is 0.335 e. The van der Waals surface area contributed by atoms with Crippen LogP contribution in [0, 0.1) is 0 Å². The van der Waals surface area contributed by atoms with Crippen molar-refractivity contribution in [3.8, 4) is 5.75 Å². The van der Waals surface area contributed by atoms with Crippen LogP contribution in [0.3, 0.4) is 0 Å². The van der Waals surface area contributed by atoms with Gasteiger partial charge in [0.1, 0.15) is 16.3 Å². The van der Waals surface area contributed by atoms with Gasteiger partial charge in [-0.1, -0.05) is 48.5 Å². The molecule has 0 bridgehead atoms. The van der Waals surface area contributed by atoms with Crippen molar-refractivity contribution in [2.24, 2.45) is 10.2 Å². The van der Waals surface area contributed by atoms with E-state index in [2.05, 4.69) is 10.2 Å². The number of hydrogen-bond donors (Lipinski definition) is 3. The SMILES string of the molecule is O=C(O)c1cc(N=Nc2c(O)cc(S(=O)(=O)O)c3ccccc23)c2ccccc2c1. The molecule has 150 valence electrons. The predicted molar refractivity (Wildman–Crippen MR) is 111 cm³/mol. The lowest BCUT2D eigenvalue weighted by Gasteiger charge is -2.09. The number of phenolic OH excluding ortho intramolecular Hbond substituents is 1. The summed E-state index contributed by atoms with van der Waals surface area (Å²) in [4.78, 5) is 11.0. The van der Waals surface area contributed by atoms with Crippen LogP contribution in [-0.4, -0.2) is 29.2 Å². The third-order valence-corrected chi connectivity index (χ3v) is 5.47. The lowest BCUT2D eigenvalue weighted by molar-refractivity contribution is 0.0697. The van der Waals surface area contributed by atoms with Crippen LogP contribution < -0.4 is 0 Å². The van der Waals surface area contributed by atoms with Gasteiger partial charge >= 0.3 is 5.97 Å². The van der Waals surface area contributed by atoms with Crippen LogP contribution in [0.4, 0.5) is 11.4 Å². The highest BCUT2D eigenvalue weighted by Crippen LogP contribution is 2.40. The zero-order valence-corrected chi connectivity index (χ0v) is 16.0. The Bertz CT molecular complexity index is 1460. The third kappa shape index (κ3) is 3.47. The van der Waals surface area contributed by atoms with Gasteiger partial charge in [-0.15, -0.1) is 10.2 Å². The lowest BCUT2D eigenvalue weighted by atomic mass is 10.1. The van der Waals surface area contributed by atoms with Crippen LogP contribution in [0.1, 0.15) is 10.4 Å². The van der Waals surface area contributed by atoms with E-state index in [-0.39, 0.29) is 27.7 Å². The third-order valence-electron chi connectivity index (χ3n) is 4.58. The highest BCUT2D eigenvalue weighted by molar-refractivity contribution is 7.86. The van der Waals surface area contributed by atoms with Crippen molar-refractivity contribution >= 4 is 49.0 Å². The quantitative estimate of drug-likeness (QED) is 0.311. The largest absolute Gasteiger partial charge is 0.506 e. The molecule has 8 nitrogen and oxygen atoms in total. The summed E-state index contributed by atoms with van der Waals surface area (Å²) in [5.74, 6) is -1.62. The number of carboxylic acid groups (broad SMARTS) is 1. The Balaban J connectivity index is 1.95. The summed E-state index contributed by atoms with van der Waals surface area (Å²) < 4.78 is 32.8. The molecule has 0 atom stereocenters. The van der Waals surface area contributed by atoms with E-state index in [1.165, 1.54) is 24.3 Å². The molecule has 4 aromatic rings. The second-order valence-electron chi connectivity index (χ2n) is 6.48. The molecule has 0 unspecified atom stereocenters. The van der Waals surface area contributed by atoms with E-state index in [1.54, 1.807) is 36.4 Å². The molecule has 4 rings (SSSR count). The Hall–Kier alpha value is -3.82. The van der Waals surface area contributed by atoms with Crippen molar-refractivity contribution in [3.63, 3.8) is 0 Å². The maximum Gasteiger partial charge on any atom is 0.335 e. The van der Waals surface area contributed by atoms with Gasteiger partial charge in [-0.25, -0.2) is 4.79 Å². The highest BCUT2D eigenvalue weighted by Gasteiger charge is 2.19. The van der Waals surface area contributed by atoms with Gasteiger partial charge < -0.3 is 10.2 Å². The molecule has 4 aromatic carbocycles. The summed E-state index contributed by atoms with van der Waals surface area (Å²) in [6.45, 7) is 0. The summed E-state index contributed by atoms with van der Waals surface area (Å²) in [5, 5.41) is 29.7. The molecule has 0 heterocycles. The fourth-order valence-corrected chi connectivity index (χ4v) is 3.95. The Morgan fingerprint density at radius 2 is 1.47 bits per heavy atom. The summed E-state index contributed by atoms with van der Waals surface area (Å²) in [5.41, 5.74) is 0.286. The molecule has 0 saturated carbocycles. The average Bonchev–Trinajstić information content (AvgIpc) is 2.71. The van der Waals surface area contributed by atoms with Crippen LogP contribution in [0.15, 0.2) is 81.9 Å². The average molecular weight is 422 g/mol. The summed E-state index contributed by atoms with van der Waals surface area (Å²) in [6, 6.07) is 17.0. The van der Waals surface area contributed by atoms with Crippen LogP contribution in [0.25, 0.3) is 21.5 Å². The van der Waals surface area contributed by atoms with E-state index in [0.717, 1.165) is 6.07 Å². The van der Waals surface area contributed by atoms with E-state index in [1.807, 2.05) is 0 Å². The molecule has 0 saturated heterocycles. The number of aromatic carboxylic acids is 1. The van der Waals surface area contributed by atoms with Crippen LogP contribution in [0.2, 0.25) is 0 Å². The first kappa shape index (κ1) is 19.5. The van der Waals surface area contributed by atoms with Crippen molar-refractivity contribution in [3.05, 3.63) is 72.3 Å². The molecule has 9 heteroatoms. The first-order valence-corrected chi connectivity index (χ1v) is 10.1. The zero-order valence-electron chi connectivity index (χ0n) is 15.2. The number of carboxylic acids is 1. The molecule has 0 aromatic heterocycles. The zero-order chi connectivity index (χ0) is 21.5.